The van der Waals surface area contributed by atoms with Gasteiger partial charge in [0.15, 0.2) is 0 Å². The molecule has 2 aliphatic rings. The summed E-state index contributed by atoms with van der Waals surface area (Å²) in [4.78, 5) is 29.1. The first-order valence-corrected chi connectivity index (χ1v) is 11.4. The van der Waals surface area contributed by atoms with E-state index in [4.69, 9.17) is 4.74 Å². The normalized spacial score (nSPS) is 17.7. The minimum Gasteiger partial charge on any atom is -0.439 e. The van der Waals surface area contributed by atoms with Crippen molar-refractivity contribution in [3.05, 3.63) is 57.8 Å². The number of carbonyl (C=O) groups excluding carboxylic acids is 1. The first-order chi connectivity index (χ1) is 16.0. The van der Waals surface area contributed by atoms with Crippen LogP contribution in [0.3, 0.4) is 0 Å². The predicted octanol–water partition coefficient (Wildman–Crippen LogP) is 1.99. The number of hydrogen-bond donors (Lipinski definition) is 1. The highest BCUT2D eigenvalue weighted by Crippen LogP contribution is 2.25. The van der Waals surface area contributed by atoms with Crippen molar-refractivity contribution in [3.63, 3.8) is 0 Å². The largest absolute Gasteiger partial charge is 0.439 e. The molecule has 0 aliphatic carbocycles. The van der Waals surface area contributed by atoms with Crippen molar-refractivity contribution in [1.29, 1.82) is 0 Å². The summed E-state index contributed by atoms with van der Waals surface area (Å²) in [6.45, 7) is 9.11. The van der Waals surface area contributed by atoms with Gasteiger partial charge in [-0.3, -0.25) is 14.9 Å². The van der Waals surface area contributed by atoms with Gasteiger partial charge in [0.25, 0.3) is 5.69 Å². The van der Waals surface area contributed by atoms with Crippen LogP contribution in [0, 0.1) is 17.0 Å². The third-order valence-electron chi connectivity index (χ3n) is 6.13. The van der Waals surface area contributed by atoms with Gasteiger partial charge in [-0.25, -0.2) is 15.0 Å². The Balaban J connectivity index is 1.23. The molecule has 0 spiro atoms. The number of ether oxygens (including phenoxy) is 1. The van der Waals surface area contributed by atoms with Gasteiger partial charge in [0, 0.05) is 70.4 Å². The molecule has 10 nitrogen and oxygen atoms in total. The highest BCUT2D eigenvalue weighted by atomic mass is 16.6. The lowest BCUT2D eigenvalue weighted by molar-refractivity contribution is -0.385. The Labute approximate surface area is 193 Å². The molecule has 0 saturated carbocycles. The van der Waals surface area contributed by atoms with E-state index in [2.05, 4.69) is 20.3 Å². The molecule has 3 heterocycles. The monoisotopic (exact) mass is 454 g/mol. The SMILES string of the molecule is Cc1cc(Oc2ccc(CCC(=O)N3CCN(N4CCNCC4)CC3)cc2)ncc1[N+](=O)[O-]. The Morgan fingerprint density at radius 3 is 2.39 bits per heavy atom. The Kier molecular flexibility index (Phi) is 7.48. The standard InChI is InChI=1S/C23H30N6O4/c1-18-16-22(25-17-21(18)29(31)32)33-20-5-2-19(3-6-20)4-7-23(30)26-12-14-28(15-13-26)27-10-8-24-9-11-27/h2-3,5-6,16-17,24H,4,7-15H2,1H3. The second-order valence-corrected chi connectivity index (χ2v) is 8.35. The molecular formula is C23H30N6O4. The average molecular weight is 455 g/mol. The van der Waals surface area contributed by atoms with Crippen LogP contribution in [-0.2, 0) is 11.2 Å². The van der Waals surface area contributed by atoms with Gasteiger partial charge >= 0.3 is 0 Å². The third-order valence-corrected chi connectivity index (χ3v) is 6.13. The lowest BCUT2D eigenvalue weighted by Gasteiger charge is -2.42. The zero-order valence-electron chi connectivity index (χ0n) is 18.9. The quantitative estimate of drug-likeness (QED) is 0.500. The molecule has 1 N–H and O–H groups in total. The molecule has 1 amide bonds. The minimum atomic E-state index is -0.464. The van der Waals surface area contributed by atoms with Crippen molar-refractivity contribution in [3.8, 4) is 11.6 Å². The van der Waals surface area contributed by atoms with Crippen LogP contribution in [0.2, 0.25) is 0 Å². The fraction of sp³-hybridized carbons (Fsp3) is 0.478. The summed E-state index contributed by atoms with van der Waals surface area (Å²) in [5.74, 6) is 1.09. The third kappa shape index (κ3) is 6.04. The number of amides is 1. The summed E-state index contributed by atoms with van der Waals surface area (Å²) in [6.07, 6.45) is 2.36. The van der Waals surface area contributed by atoms with Gasteiger partial charge in [-0.1, -0.05) is 12.1 Å². The first kappa shape index (κ1) is 23.1. The molecule has 4 rings (SSSR count). The van der Waals surface area contributed by atoms with Gasteiger partial charge in [-0.15, -0.1) is 0 Å². The number of aromatic nitrogens is 1. The van der Waals surface area contributed by atoms with E-state index in [1.54, 1.807) is 13.0 Å². The molecule has 1 aromatic carbocycles. The van der Waals surface area contributed by atoms with E-state index in [-0.39, 0.29) is 11.6 Å². The molecule has 2 aromatic rings. The van der Waals surface area contributed by atoms with Gasteiger partial charge in [-0.2, -0.15) is 0 Å². The van der Waals surface area contributed by atoms with Crippen molar-refractivity contribution < 1.29 is 14.5 Å². The molecule has 2 saturated heterocycles. The van der Waals surface area contributed by atoms with Crippen LogP contribution in [0.5, 0.6) is 11.6 Å². The van der Waals surface area contributed by atoms with Gasteiger partial charge in [0.1, 0.15) is 11.9 Å². The molecule has 10 heteroatoms. The summed E-state index contributed by atoms with van der Waals surface area (Å²) in [6, 6.07) is 9.06. The fourth-order valence-electron chi connectivity index (χ4n) is 4.19. The molecular weight excluding hydrogens is 424 g/mol. The van der Waals surface area contributed by atoms with E-state index in [0.29, 0.717) is 30.0 Å². The molecule has 33 heavy (non-hydrogen) atoms. The van der Waals surface area contributed by atoms with Gasteiger partial charge in [0.05, 0.1) is 4.92 Å². The summed E-state index contributed by atoms with van der Waals surface area (Å²) >= 11 is 0. The summed E-state index contributed by atoms with van der Waals surface area (Å²) in [7, 11) is 0. The Morgan fingerprint density at radius 2 is 1.76 bits per heavy atom. The van der Waals surface area contributed by atoms with E-state index >= 15 is 0 Å². The maximum absolute atomic E-state index is 12.7. The van der Waals surface area contributed by atoms with Crippen molar-refractivity contribution >= 4 is 11.6 Å². The van der Waals surface area contributed by atoms with Gasteiger partial charge < -0.3 is 15.0 Å². The highest BCUT2D eigenvalue weighted by Gasteiger charge is 2.25. The van der Waals surface area contributed by atoms with Crippen LogP contribution in [-0.4, -0.2) is 83.1 Å². The number of piperazine rings is 2. The molecule has 176 valence electrons. The highest BCUT2D eigenvalue weighted by molar-refractivity contribution is 5.76. The molecule has 0 atom stereocenters. The second-order valence-electron chi connectivity index (χ2n) is 8.35. The van der Waals surface area contributed by atoms with E-state index in [1.165, 1.54) is 6.20 Å². The minimum absolute atomic E-state index is 0.0347. The molecule has 0 radical (unpaired) electrons. The average Bonchev–Trinajstić information content (AvgIpc) is 2.84. The van der Waals surface area contributed by atoms with Gasteiger partial charge in [0.2, 0.25) is 11.8 Å². The lowest BCUT2D eigenvalue weighted by Crippen LogP contribution is -2.58. The van der Waals surface area contributed by atoms with Crippen LogP contribution in [0.15, 0.2) is 36.5 Å². The van der Waals surface area contributed by atoms with Crippen LogP contribution in [0.25, 0.3) is 0 Å². The molecule has 0 unspecified atom stereocenters. The van der Waals surface area contributed by atoms with Crippen LogP contribution < -0.4 is 10.1 Å². The number of nitrogens with zero attached hydrogens (tertiary/aromatic N) is 5. The number of nitrogens with one attached hydrogen (secondary N) is 1. The number of rotatable bonds is 7. The molecule has 0 bridgehead atoms. The molecule has 2 aliphatic heterocycles. The topological polar surface area (TPSA) is 104 Å². The number of carbonyl (C=O) groups is 1. The Bertz CT molecular complexity index is 969. The number of aryl methyl sites for hydroxylation is 2. The molecule has 1 aromatic heterocycles. The molecule has 2 fully saturated rings. The fourth-order valence-corrected chi connectivity index (χ4v) is 4.19. The van der Waals surface area contributed by atoms with Crippen LogP contribution in [0.1, 0.15) is 17.5 Å². The number of benzene rings is 1. The number of hydrogen-bond acceptors (Lipinski definition) is 8. The van der Waals surface area contributed by atoms with E-state index in [0.717, 1.165) is 57.9 Å². The van der Waals surface area contributed by atoms with Crippen molar-refractivity contribution in [1.82, 2.24) is 25.2 Å². The maximum atomic E-state index is 12.7. The Hall–Kier alpha value is -3.08. The second kappa shape index (κ2) is 10.7. The van der Waals surface area contributed by atoms with Crippen LogP contribution in [0.4, 0.5) is 5.69 Å². The predicted molar refractivity (Wildman–Crippen MR) is 123 cm³/mol. The smallest absolute Gasteiger partial charge is 0.290 e. The maximum Gasteiger partial charge on any atom is 0.290 e. The summed E-state index contributed by atoms with van der Waals surface area (Å²) in [5.41, 5.74) is 1.52. The van der Waals surface area contributed by atoms with E-state index in [9.17, 15) is 14.9 Å². The number of hydrazine groups is 1. The number of nitro groups is 1. The van der Waals surface area contributed by atoms with Crippen molar-refractivity contribution in [2.24, 2.45) is 0 Å². The summed E-state index contributed by atoms with van der Waals surface area (Å²) in [5, 5.41) is 19.1. The van der Waals surface area contributed by atoms with Gasteiger partial charge in [-0.05, 0) is 31.0 Å². The first-order valence-electron chi connectivity index (χ1n) is 11.4. The van der Waals surface area contributed by atoms with E-state index in [1.807, 2.05) is 29.2 Å². The summed E-state index contributed by atoms with van der Waals surface area (Å²) < 4.78 is 5.71. The Morgan fingerprint density at radius 1 is 1.09 bits per heavy atom. The zero-order valence-corrected chi connectivity index (χ0v) is 18.9. The van der Waals surface area contributed by atoms with E-state index < -0.39 is 4.92 Å². The zero-order chi connectivity index (χ0) is 23.2. The number of pyridine rings is 1. The van der Waals surface area contributed by atoms with Crippen LogP contribution >= 0.6 is 0 Å². The van der Waals surface area contributed by atoms with Crippen molar-refractivity contribution in [2.45, 2.75) is 19.8 Å². The lowest BCUT2D eigenvalue weighted by atomic mass is 10.1. The van der Waals surface area contributed by atoms with Crippen molar-refractivity contribution in [2.75, 3.05) is 52.4 Å².